The van der Waals surface area contributed by atoms with E-state index in [0.717, 1.165) is 0 Å². The number of likely N-dealkylation sites (N-methyl/N-ethyl adjacent to an activating group) is 1. The van der Waals surface area contributed by atoms with Crippen LogP contribution in [-0.4, -0.2) is 49.6 Å². The topological polar surface area (TPSA) is 6.48 Å². The summed E-state index contributed by atoms with van der Waals surface area (Å²) in [4.78, 5) is 5.01. The normalized spacial score (nSPS) is 16.8. The van der Waals surface area contributed by atoms with Gasteiger partial charge in [0.25, 0.3) is 0 Å². The Morgan fingerprint density at radius 1 is 0.818 bits per heavy atom. The third kappa shape index (κ3) is 4.19. The molecule has 0 saturated carbocycles. The molecule has 0 radical (unpaired) electrons. The van der Waals surface area contributed by atoms with Crippen LogP contribution in [0.1, 0.15) is 12.0 Å². The van der Waals surface area contributed by atoms with Gasteiger partial charge in [0, 0.05) is 26.2 Å². The zero-order valence-corrected chi connectivity index (χ0v) is 13.5. The molecule has 1 aliphatic heterocycles. The first-order valence-electron chi connectivity index (χ1n) is 8.36. The van der Waals surface area contributed by atoms with Crippen LogP contribution in [0.2, 0.25) is 0 Å². The van der Waals surface area contributed by atoms with Gasteiger partial charge in [-0.05, 0) is 43.1 Å². The van der Waals surface area contributed by atoms with Crippen molar-refractivity contribution in [1.82, 2.24) is 9.80 Å². The number of piperazine rings is 1. The molecule has 1 heterocycles. The summed E-state index contributed by atoms with van der Waals surface area (Å²) < 4.78 is 0. The fourth-order valence-corrected chi connectivity index (χ4v) is 3.12. The van der Waals surface area contributed by atoms with Crippen LogP contribution in [0.15, 0.2) is 54.6 Å². The van der Waals surface area contributed by atoms with E-state index in [1.807, 2.05) is 0 Å². The molecule has 2 heteroatoms. The van der Waals surface area contributed by atoms with Gasteiger partial charge in [0.2, 0.25) is 0 Å². The minimum absolute atomic E-state index is 1.17. The van der Waals surface area contributed by atoms with E-state index >= 15 is 0 Å². The third-order valence-electron chi connectivity index (χ3n) is 4.57. The van der Waals surface area contributed by atoms with Crippen molar-refractivity contribution >= 4 is 0 Å². The molecule has 22 heavy (non-hydrogen) atoms. The second-order valence-electron chi connectivity index (χ2n) is 6.31. The molecule has 1 fully saturated rings. The predicted molar refractivity (Wildman–Crippen MR) is 94.1 cm³/mol. The first kappa shape index (κ1) is 15.3. The Labute approximate surface area is 134 Å². The summed E-state index contributed by atoms with van der Waals surface area (Å²) >= 11 is 0. The molecule has 0 bridgehead atoms. The van der Waals surface area contributed by atoms with Crippen LogP contribution in [0.25, 0.3) is 11.1 Å². The summed E-state index contributed by atoms with van der Waals surface area (Å²) in [7, 11) is 2.21. The number of aryl methyl sites for hydroxylation is 1. The van der Waals surface area contributed by atoms with Gasteiger partial charge in [0.15, 0.2) is 0 Å². The van der Waals surface area contributed by atoms with E-state index in [2.05, 4.69) is 71.4 Å². The van der Waals surface area contributed by atoms with E-state index in [4.69, 9.17) is 0 Å². The van der Waals surface area contributed by atoms with Gasteiger partial charge in [0.05, 0.1) is 0 Å². The average molecular weight is 294 g/mol. The lowest BCUT2D eigenvalue weighted by Crippen LogP contribution is -2.44. The van der Waals surface area contributed by atoms with Crippen LogP contribution in [-0.2, 0) is 6.42 Å². The lowest BCUT2D eigenvalue weighted by atomic mass is 10.0. The van der Waals surface area contributed by atoms with E-state index < -0.39 is 0 Å². The van der Waals surface area contributed by atoms with Crippen LogP contribution < -0.4 is 0 Å². The maximum atomic E-state index is 2.60. The molecule has 1 saturated heterocycles. The molecule has 0 amide bonds. The molecular weight excluding hydrogens is 268 g/mol. The van der Waals surface area contributed by atoms with Crippen LogP contribution in [0.4, 0.5) is 0 Å². The first-order chi connectivity index (χ1) is 10.8. The van der Waals surface area contributed by atoms with Crippen molar-refractivity contribution < 1.29 is 0 Å². The highest BCUT2D eigenvalue weighted by Crippen LogP contribution is 2.20. The van der Waals surface area contributed by atoms with Crippen LogP contribution in [0.5, 0.6) is 0 Å². The molecule has 2 aromatic carbocycles. The van der Waals surface area contributed by atoms with Gasteiger partial charge in [-0.15, -0.1) is 0 Å². The Morgan fingerprint density at radius 3 is 2.32 bits per heavy atom. The third-order valence-corrected chi connectivity index (χ3v) is 4.57. The summed E-state index contributed by atoms with van der Waals surface area (Å²) in [5, 5.41) is 0. The molecular formula is C20H26N2. The Balaban J connectivity index is 1.53. The van der Waals surface area contributed by atoms with Gasteiger partial charge in [-0.25, -0.2) is 0 Å². The van der Waals surface area contributed by atoms with E-state index in [0.29, 0.717) is 0 Å². The van der Waals surface area contributed by atoms with Gasteiger partial charge in [-0.3, -0.25) is 0 Å². The van der Waals surface area contributed by atoms with Crippen molar-refractivity contribution in [3.05, 3.63) is 60.2 Å². The Hall–Kier alpha value is -1.64. The first-order valence-corrected chi connectivity index (χ1v) is 8.36. The summed E-state index contributed by atoms with van der Waals surface area (Å²) in [6, 6.07) is 19.7. The maximum absolute atomic E-state index is 2.60. The van der Waals surface area contributed by atoms with Crippen molar-refractivity contribution in [2.75, 3.05) is 39.8 Å². The van der Waals surface area contributed by atoms with E-state index in [9.17, 15) is 0 Å². The van der Waals surface area contributed by atoms with Crippen molar-refractivity contribution in [1.29, 1.82) is 0 Å². The zero-order valence-electron chi connectivity index (χ0n) is 13.5. The van der Waals surface area contributed by atoms with Gasteiger partial charge in [0.1, 0.15) is 0 Å². The summed E-state index contributed by atoms with van der Waals surface area (Å²) in [6.07, 6.45) is 2.43. The lowest BCUT2D eigenvalue weighted by molar-refractivity contribution is 0.153. The van der Waals surface area contributed by atoms with E-state index in [1.54, 1.807) is 0 Å². The minimum Gasteiger partial charge on any atom is -0.304 e. The largest absolute Gasteiger partial charge is 0.304 e. The summed E-state index contributed by atoms with van der Waals surface area (Å²) in [6.45, 7) is 6.09. The lowest BCUT2D eigenvalue weighted by Gasteiger charge is -2.32. The van der Waals surface area contributed by atoms with E-state index in [-0.39, 0.29) is 0 Å². The molecule has 116 valence electrons. The van der Waals surface area contributed by atoms with Crippen molar-refractivity contribution in [3.63, 3.8) is 0 Å². The molecule has 1 aliphatic rings. The molecule has 2 aromatic rings. The molecule has 3 rings (SSSR count). The minimum atomic E-state index is 1.17. The van der Waals surface area contributed by atoms with Crippen LogP contribution in [0.3, 0.4) is 0 Å². The quantitative estimate of drug-likeness (QED) is 0.832. The fourth-order valence-electron chi connectivity index (χ4n) is 3.12. The zero-order chi connectivity index (χ0) is 15.2. The van der Waals surface area contributed by atoms with Gasteiger partial charge < -0.3 is 9.80 Å². The number of benzene rings is 2. The molecule has 0 atom stereocenters. The molecule has 0 spiro atoms. The van der Waals surface area contributed by atoms with Crippen LogP contribution in [0, 0.1) is 0 Å². The monoisotopic (exact) mass is 294 g/mol. The standard InChI is InChI=1S/C20H26N2/c1-21-13-15-22(16-14-21)12-6-8-18-7-5-11-20(17-18)19-9-3-2-4-10-19/h2-5,7,9-11,17H,6,8,12-16H2,1H3. The summed E-state index contributed by atoms with van der Waals surface area (Å²) in [5.41, 5.74) is 4.09. The van der Waals surface area contributed by atoms with Gasteiger partial charge in [-0.1, -0.05) is 54.6 Å². The molecule has 0 N–H and O–H groups in total. The average Bonchev–Trinajstić information content (AvgIpc) is 2.58. The smallest absolute Gasteiger partial charge is 0.0110 e. The highest BCUT2D eigenvalue weighted by atomic mass is 15.2. The Bertz CT molecular complexity index is 571. The number of rotatable bonds is 5. The fraction of sp³-hybridized carbons (Fsp3) is 0.400. The Kier molecular flexibility index (Phi) is 5.25. The van der Waals surface area contributed by atoms with Gasteiger partial charge in [-0.2, -0.15) is 0 Å². The maximum Gasteiger partial charge on any atom is 0.0110 e. The highest BCUT2D eigenvalue weighted by molar-refractivity contribution is 5.63. The summed E-state index contributed by atoms with van der Waals surface area (Å²) in [5.74, 6) is 0. The van der Waals surface area contributed by atoms with Crippen molar-refractivity contribution in [2.45, 2.75) is 12.8 Å². The van der Waals surface area contributed by atoms with Crippen molar-refractivity contribution in [3.8, 4) is 11.1 Å². The predicted octanol–water partition coefficient (Wildman–Crippen LogP) is 3.53. The van der Waals surface area contributed by atoms with Crippen molar-refractivity contribution in [2.24, 2.45) is 0 Å². The second kappa shape index (κ2) is 7.57. The van der Waals surface area contributed by atoms with Gasteiger partial charge >= 0.3 is 0 Å². The SMILES string of the molecule is CN1CCN(CCCc2cccc(-c3ccccc3)c2)CC1. The molecule has 0 aliphatic carbocycles. The molecule has 0 aromatic heterocycles. The Morgan fingerprint density at radius 2 is 1.55 bits per heavy atom. The molecule has 0 unspecified atom stereocenters. The van der Waals surface area contributed by atoms with Crippen LogP contribution >= 0.6 is 0 Å². The number of hydrogen-bond acceptors (Lipinski definition) is 2. The van der Waals surface area contributed by atoms with E-state index in [1.165, 1.54) is 62.3 Å². The number of nitrogens with zero attached hydrogens (tertiary/aromatic N) is 2. The molecule has 2 nitrogen and oxygen atoms in total. The highest BCUT2D eigenvalue weighted by Gasteiger charge is 2.12. The number of hydrogen-bond donors (Lipinski definition) is 0. The second-order valence-corrected chi connectivity index (χ2v) is 6.31.